The Balaban J connectivity index is 2.35. The van der Waals surface area contributed by atoms with E-state index in [1.807, 2.05) is 0 Å². The molecule has 0 saturated carbocycles. The van der Waals surface area contributed by atoms with E-state index in [1.54, 1.807) is 0 Å². The molecule has 0 amide bonds. The summed E-state index contributed by atoms with van der Waals surface area (Å²) in [7, 11) is 2.17. The third kappa shape index (κ3) is 1.57. The van der Waals surface area contributed by atoms with Gasteiger partial charge in [-0.1, -0.05) is 13.0 Å². The number of nitrogens with one attached hydrogen (secondary N) is 1. The molecule has 0 aliphatic carbocycles. The smallest absolute Gasteiger partial charge is 0.0602 e. The highest BCUT2D eigenvalue weighted by molar-refractivity contribution is 5.73. The van der Waals surface area contributed by atoms with Gasteiger partial charge in [-0.05, 0) is 31.0 Å². The van der Waals surface area contributed by atoms with Crippen LogP contribution in [-0.2, 0) is 0 Å². The third-order valence-electron chi connectivity index (χ3n) is 2.91. The van der Waals surface area contributed by atoms with Crippen LogP contribution in [0.5, 0.6) is 0 Å². The van der Waals surface area contributed by atoms with E-state index in [4.69, 9.17) is 0 Å². The molecule has 2 heteroatoms. The zero-order valence-corrected chi connectivity index (χ0v) is 9.17. The van der Waals surface area contributed by atoms with Crippen molar-refractivity contribution in [1.82, 2.24) is 0 Å². The van der Waals surface area contributed by atoms with E-state index in [9.17, 15) is 0 Å². The fourth-order valence-corrected chi connectivity index (χ4v) is 2.01. The number of fused-ring (bicyclic) bond motifs is 1. The molecule has 0 radical (unpaired) electrons. The molecule has 14 heavy (non-hydrogen) atoms. The molecule has 1 N–H and O–H groups in total. The number of aryl methyl sites for hydroxylation is 1. The van der Waals surface area contributed by atoms with E-state index in [0.29, 0.717) is 6.04 Å². The number of benzene rings is 1. The van der Waals surface area contributed by atoms with Crippen molar-refractivity contribution in [2.24, 2.45) is 0 Å². The fourth-order valence-electron chi connectivity index (χ4n) is 2.01. The summed E-state index contributed by atoms with van der Waals surface area (Å²) in [6.45, 7) is 5.47. The Morgan fingerprint density at radius 3 is 3.00 bits per heavy atom. The molecule has 0 fully saturated rings. The lowest BCUT2D eigenvalue weighted by Crippen LogP contribution is -2.38. The summed E-state index contributed by atoms with van der Waals surface area (Å²) in [4.78, 5) is 2.34. The van der Waals surface area contributed by atoms with Gasteiger partial charge in [0.2, 0.25) is 0 Å². The van der Waals surface area contributed by atoms with Crippen molar-refractivity contribution in [2.75, 3.05) is 23.8 Å². The Morgan fingerprint density at radius 1 is 1.50 bits per heavy atom. The van der Waals surface area contributed by atoms with Crippen LogP contribution in [0.25, 0.3) is 0 Å². The summed E-state index contributed by atoms with van der Waals surface area (Å²) < 4.78 is 0. The lowest BCUT2D eigenvalue weighted by Gasteiger charge is -2.34. The Labute approximate surface area is 85.9 Å². The Bertz CT molecular complexity index is 333. The minimum atomic E-state index is 0.593. The average Bonchev–Trinajstić information content (AvgIpc) is 2.19. The number of nitrogens with zero attached hydrogens (tertiary/aromatic N) is 1. The van der Waals surface area contributed by atoms with Crippen molar-refractivity contribution >= 4 is 11.4 Å². The maximum Gasteiger partial charge on any atom is 0.0602 e. The summed E-state index contributed by atoms with van der Waals surface area (Å²) in [5, 5.41) is 3.56. The minimum Gasteiger partial charge on any atom is -0.379 e. The van der Waals surface area contributed by atoms with E-state index < -0.39 is 0 Å². The summed E-state index contributed by atoms with van der Waals surface area (Å²) in [5.41, 5.74) is 3.93. The SMILES string of the molecule is CCC1CN(C)c2cc(C)ccc2N1. The molecular weight excluding hydrogens is 172 g/mol. The van der Waals surface area contributed by atoms with Crippen LogP contribution in [0.1, 0.15) is 18.9 Å². The van der Waals surface area contributed by atoms with Gasteiger partial charge in [0, 0.05) is 19.6 Å². The van der Waals surface area contributed by atoms with Crippen LogP contribution in [0, 0.1) is 6.92 Å². The minimum absolute atomic E-state index is 0.593. The lowest BCUT2D eigenvalue weighted by atomic mass is 10.1. The predicted octanol–water partition coefficient (Wildman–Crippen LogP) is 2.64. The highest BCUT2D eigenvalue weighted by atomic mass is 15.2. The maximum absolute atomic E-state index is 3.56. The van der Waals surface area contributed by atoms with Gasteiger partial charge in [-0.2, -0.15) is 0 Å². The van der Waals surface area contributed by atoms with Gasteiger partial charge in [0.1, 0.15) is 0 Å². The molecule has 0 saturated heterocycles. The summed E-state index contributed by atoms with van der Waals surface area (Å²) in [6, 6.07) is 7.18. The van der Waals surface area contributed by atoms with Crippen LogP contribution in [0.15, 0.2) is 18.2 Å². The Kier molecular flexibility index (Phi) is 2.36. The first-order valence-corrected chi connectivity index (χ1v) is 5.29. The molecule has 76 valence electrons. The van der Waals surface area contributed by atoms with Gasteiger partial charge >= 0.3 is 0 Å². The Hall–Kier alpha value is -1.18. The first kappa shape index (κ1) is 9.38. The molecule has 1 aromatic carbocycles. The molecule has 1 aromatic rings. The number of anilines is 2. The third-order valence-corrected chi connectivity index (χ3v) is 2.91. The highest BCUT2D eigenvalue weighted by Crippen LogP contribution is 2.31. The van der Waals surface area contributed by atoms with Gasteiger partial charge in [-0.25, -0.2) is 0 Å². The lowest BCUT2D eigenvalue weighted by molar-refractivity contribution is 0.662. The van der Waals surface area contributed by atoms with Crippen molar-refractivity contribution < 1.29 is 0 Å². The second kappa shape index (κ2) is 3.52. The fraction of sp³-hybridized carbons (Fsp3) is 0.500. The molecule has 0 aromatic heterocycles. The monoisotopic (exact) mass is 190 g/mol. The largest absolute Gasteiger partial charge is 0.379 e. The molecule has 1 heterocycles. The van der Waals surface area contributed by atoms with E-state index in [-0.39, 0.29) is 0 Å². The van der Waals surface area contributed by atoms with Crippen LogP contribution in [0.3, 0.4) is 0 Å². The zero-order chi connectivity index (χ0) is 10.1. The second-order valence-corrected chi connectivity index (χ2v) is 4.15. The first-order valence-electron chi connectivity index (χ1n) is 5.29. The highest BCUT2D eigenvalue weighted by Gasteiger charge is 2.19. The van der Waals surface area contributed by atoms with E-state index in [2.05, 4.69) is 49.3 Å². The summed E-state index contributed by atoms with van der Waals surface area (Å²) in [6.07, 6.45) is 1.18. The molecule has 0 spiro atoms. The molecule has 1 atom stereocenters. The maximum atomic E-state index is 3.56. The number of hydrogen-bond donors (Lipinski definition) is 1. The van der Waals surface area contributed by atoms with E-state index in [1.165, 1.54) is 23.4 Å². The van der Waals surface area contributed by atoms with Gasteiger partial charge in [0.05, 0.1) is 11.4 Å². The van der Waals surface area contributed by atoms with Crippen molar-refractivity contribution in [1.29, 1.82) is 0 Å². The molecule has 2 rings (SSSR count). The zero-order valence-electron chi connectivity index (χ0n) is 9.17. The van der Waals surface area contributed by atoms with Gasteiger partial charge < -0.3 is 10.2 Å². The number of rotatable bonds is 1. The Morgan fingerprint density at radius 2 is 2.29 bits per heavy atom. The van der Waals surface area contributed by atoms with Gasteiger partial charge in [-0.3, -0.25) is 0 Å². The van der Waals surface area contributed by atoms with Crippen molar-refractivity contribution in [3.05, 3.63) is 23.8 Å². The van der Waals surface area contributed by atoms with Crippen molar-refractivity contribution in [3.8, 4) is 0 Å². The van der Waals surface area contributed by atoms with Gasteiger partial charge in [-0.15, -0.1) is 0 Å². The topological polar surface area (TPSA) is 15.3 Å². The van der Waals surface area contributed by atoms with Crippen molar-refractivity contribution in [2.45, 2.75) is 26.3 Å². The average molecular weight is 190 g/mol. The standard InChI is InChI=1S/C12H18N2/c1-4-10-8-14(3)12-7-9(2)5-6-11(12)13-10/h5-7,10,13H,4,8H2,1-3H3. The molecular formula is C12H18N2. The predicted molar refractivity (Wildman–Crippen MR) is 62.2 cm³/mol. The van der Waals surface area contributed by atoms with Crippen LogP contribution in [0.2, 0.25) is 0 Å². The molecule has 0 bridgehead atoms. The molecule has 1 aliphatic heterocycles. The number of hydrogen-bond acceptors (Lipinski definition) is 2. The number of likely N-dealkylation sites (N-methyl/N-ethyl adjacent to an activating group) is 1. The molecule has 2 nitrogen and oxygen atoms in total. The second-order valence-electron chi connectivity index (χ2n) is 4.15. The van der Waals surface area contributed by atoms with Crippen LogP contribution < -0.4 is 10.2 Å². The van der Waals surface area contributed by atoms with E-state index in [0.717, 1.165) is 6.54 Å². The summed E-state index contributed by atoms with van der Waals surface area (Å²) in [5.74, 6) is 0. The van der Waals surface area contributed by atoms with Gasteiger partial charge in [0.15, 0.2) is 0 Å². The molecule has 1 aliphatic rings. The normalized spacial score (nSPS) is 20.2. The first-order chi connectivity index (χ1) is 6.70. The van der Waals surface area contributed by atoms with Crippen LogP contribution in [-0.4, -0.2) is 19.6 Å². The van der Waals surface area contributed by atoms with E-state index >= 15 is 0 Å². The van der Waals surface area contributed by atoms with Crippen molar-refractivity contribution in [3.63, 3.8) is 0 Å². The van der Waals surface area contributed by atoms with Crippen LogP contribution in [0.4, 0.5) is 11.4 Å². The quantitative estimate of drug-likeness (QED) is 0.732. The molecule has 1 unspecified atom stereocenters. The van der Waals surface area contributed by atoms with Gasteiger partial charge in [0.25, 0.3) is 0 Å². The summed E-state index contributed by atoms with van der Waals surface area (Å²) >= 11 is 0. The van der Waals surface area contributed by atoms with Crippen LogP contribution >= 0.6 is 0 Å².